The summed E-state index contributed by atoms with van der Waals surface area (Å²) in [5, 5.41) is 3.31. The molecule has 0 saturated heterocycles. The first-order chi connectivity index (χ1) is 7.81. The molecule has 1 aromatic rings. The van der Waals surface area contributed by atoms with Gasteiger partial charge in [0.2, 0.25) is 5.88 Å². The van der Waals surface area contributed by atoms with Gasteiger partial charge in [0.1, 0.15) is 6.61 Å². The highest BCUT2D eigenvalue weighted by Crippen LogP contribution is 2.24. The number of nitrogens with zero attached hydrogens (tertiary/aromatic N) is 1. The van der Waals surface area contributed by atoms with E-state index in [0.29, 0.717) is 12.5 Å². The van der Waals surface area contributed by atoms with Crippen LogP contribution in [0.5, 0.6) is 5.88 Å². The van der Waals surface area contributed by atoms with Crippen LogP contribution in [0.15, 0.2) is 12.1 Å². The van der Waals surface area contributed by atoms with Crippen molar-refractivity contribution >= 4 is 0 Å². The lowest BCUT2D eigenvalue weighted by Gasteiger charge is -2.12. The van der Waals surface area contributed by atoms with E-state index in [9.17, 15) is 0 Å². The van der Waals surface area contributed by atoms with Gasteiger partial charge in [0.15, 0.2) is 0 Å². The molecule has 0 saturated carbocycles. The van der Waals surface area contributed by atoms with Gasteiger partial charge >= 0.3 is 0 Å². The van der Waals surface area contributed by atoms with Gasteiger partial charge in [-0.2, -0.15) is 0 Å². The maximum Gasteiger partial charge on any atom is 0.218 e. The summed E-state index contributed by atoms with van der Waals surface area (Å²) in [4.78, 5) is 4.63. The van der Waals surface area contributed by atoms with Crippen molar-refractivity contribution in [2.45, 2.75) is 39.2 Å². The SMILES string of the molecule is CCCC(C)c1ccc2c(n1)OCCNC2. The van der Waals surface area contributed by atoms with E-state index < -0.39 is 0 Å². The molecule has 88 valence electrons. The van der Waals surface area contributed by atoms with Crippen LogP contribution in [0, 0.1) is 0 Å². The Balaban J connectivity index is 2.20. The minimum Gasteiger partial charge on any atom is -0.476 e. The van der Waals surface area contributed by atoms with Crippen molar-refractivity contribution in [3.63, 3.8) is 0 Å². The van der Waals surface area contributed by atoms with Crippen LogP contribution in [0.25, 0.3) is 0 Å². The van der Waals surface area contributed by atoms with E-state index in [0.717, 1.165) is 24.7 Å². The zero-order chi connectivity index (χ0) is 11.4. The zero-order valence-corrected chi connectivity index (χ0v) is 10.1. The number of aromatic nitrogens is 1. The monoisotopic (exact) mass is 220 g/mol. The van der Waals surface area contributed by atoms with Gasteiger partial charge in [0, 0.05) is 24.3 Å². The quantitative estimate of drug-likeness (QED) is 0.849. The van der Waals surface area contributed by atoms with Gasteiger partial charge in [-0.1, -0.05) is 26.3 Å². The van der Waals surface area contributed by atoms with Crippen molar-refractivity contribution in [2.75, 3.05) is 13.2 Å². The number of ether oxygens (including phenoxy) is 1. The van der Waals surface area contributed by atoms with E-state index in [1.165, 1.54) is 18.4 Å². The first kappa shape index (κ1) is 11.4. The van der Waals surface area contributed by atoms with Gasteiger partial charge in [0.25, 0.3) is 0 Å². The lowest BCUT2D eigenvalue weighted by Crippen LogP contribution is -2.16. The van der Waals surface area contributed by atoms with E-state index in [4.69, 9.17) is 4.74 Å². The summed E-state index contributed by atoms with van der Waals surface area (Å²) in [6.07, 6.45) is 2.38. The predicted octanol–water partition coefficient (Wildman–Crippen LogP) is 2.47. The number of hydrogen-bond acceptors (Lipinski definition) is 3. The average molecular weight is 220 g/mol. The lowest BCUT2D eigenvalue weighted by atomic mass is 10.0. The number of rotatable bonds is 3. The van der Waals surface area contributed by atoms with E-state index in [2.05, 4.69) is 36.3 Å². The summed E-state index contributed by atoms with van der Waals surface area (Å²) in [5.74, 6) is 1.35. The van der Waals surface area contributed by atoms with Crippen LogP contribution in [0.1, 0.15) is 43.9 Å². The van der Waals surface area contributed by atoms with Crippen molar-refractivity contribution in [3.8, 4) is 5.88 Å². The molecule has 0 fully saturated rings. The molecule has 16 heavy (non-hydrogen) atoms. The molecule has 0 radical (unpaired) electrons. The highest BCUT2D eigenvalue weighted by Gasteiger charge is 2.13. The fourth-order valence-electron chi connectivity index (χ4n) is 2.04. The maximum absolute atomic E-state index is 5.64. The second kappa shape index (κ2) is 5.30. The van der Waals surface area contributed by atoms with Gasteiger partial charge in [-0.25, -0.2) is 4.98 Å². The molecule has 1 N–H and O–H groups in total. The highest BCUT2D eigenvalue weighted by atomic mass is 16.5. The molecule has 0 amide bonds. The summed E-state index contributed by atoms with van der Waals surface area (Å²) < 4.78 is 5.64. The summed E-state index contributed by atoms with van der Waals surface area (Å²) >= 11 is 0. The molecular formula is C13H20N2O. The molecule has 1 unspecified atom stereocenters. The Kier molecular flexibility index (Phi) is 3.78. The first-order valence-corrected chi connectivity index (χ1v) is 6.14. The normalized spacial score (nSPS) is 17.1. The molecule has 0 aromatic carbocycles. The van der Waals surface area contributed by atoms with E-state index >= 15 is 0 Å². The van der Waals surface area contributed by atoms with Crippen molar-refractivity contribution in [2.24, 2.45) is 0 Å². The zero-order valence-electron chi connectivity index (χ0n) is 10.1. The fourth-order valence-corrected chi connectivity index (χ4v) is 2.04. The van der Waals surface area contributed by atoms with Crippen LogP contribution in [0.4, 0.5) is 0 Å². The Bertz CT molecular complexity index is 352. The third-order valence-electron chi connectivity index (χ3n) is 3.02. The van der Waals surface area contributed by atoms with Gasteiger partial charge in [-0.05, 0) is 18.4 Å². The molecule has 1 aliphatic heterocycles. The van der Waals surface area contributed by atoms with Crippen molar-refractivity contribution < 1.29 is 4.74 Å². The van der Waals surface area contributed by atoms with E-state index in [1.807, 2.05) is 0 Å². The van der Waals surface area contributed by atoms with Crippen LogP contribution in [0.3, 0.4) is 0 Å². The Morgan fingerprint density at radius 1 is 1.50 bits per heavy atom. The molecule has 1 aromatic heterocycles. The highest BCUT2D eigenvalue weighted by molar-refractivity contribution is 5.30. The largest absolute Gasteiger partial charge is 0.476 e. The Morgan fingerprint density at radius 3 is 3.19 bits per heavy atom. The van der Waals surface area contributed by atoms with Gasteiger partial charge in [0.05, 0.1) is 0 Å². The van der Waals surface area contributed by atoms with E-state index in [-0.39, 0.29) is 0 Å². The van der Waals surface area contributed by atoms with Crippen LogP contribution < -0.4 is 10.1 Å². The van der Waals surface area contributed by atoms with Crippen molar-refractivity contribution in [3.05, 3.63) is 23.4 Å². The first-order valence-electron chi connectivity index (χ1n) is 6.14. The molecule has 0 spiro atoms. The van der Waals surface area contributed by atoms with E-state index in [1.54, 1.807) is 0 Å². The molecule has 0 aliphatic carbocycles. The maximum atomic E-state index is 5.64. The molecule has 3 nitrogen and oxygen atoms in total. The second-order valence-corrected chi connectivity index (χ2v) is 4.42. The van der Waals surface area contributed by atoms with Crippen LogP contribution in [0.2, 0.25) is 0 Å². The van der Waals surface area contributed by atoms with Gasteiger partial charge in [-0.15, -0.1) is 0 Å². The van der Waals surface area contributed by atoms with Crippen molar-refractivity contribution in [1.82, 2.24) is 10.3 Å². The molecule has 2 rings (SSSR count). The average Bonchev–Trinajstić information content (AvgIpc) is 2.53. The standard InChI is InChI=1S/C13H20N2O/c1-3-4-10(2)12-6-5-11-9-14-7-8-16-13(11)15-12/h5-6,10,14H,3-4,7-9H2,1-2H3. The third-order valence-corrected chi connectivity index (χ3v) is 3.02. The molecule has 2 heterocycles. The van der Waals surface area contributed by atoms with Crippen LogP contribution >= 0.6 is 0 Å². The van der Waals surface area contributed by atoms with Crippen LogP contribution in [-0.4, -0.2) is 18.1 Å². The Hall–Kier alpha value is -1.09. The topological polar surface area (TPSA) is 34.1 Å². The fraction of sp³-hybridized carbons (Fsp3) is 0.615. The summed E-state index contributed by atoms with van der Waals surface area (Å²) in [6, 6.07) is 4.28. The molecule has 1 aliphatic rings. The smallest absolute Gasteiger partial charge is 0.218 e. The minimum absolute atomic E-state index is 0.523. The van der Waals surface area contributed by atoms with Crippen LogP contribution in [-0.2, 0) is 6.54 Å². The number of hydrogen-bond donors (Lipinski definition) is 1. The van der Waals surface area contributed by atoms with Gasteiger partial charge < -0.3 is 10.1 Å². The third kappa shape index (κ3) is 2.53. The summed E-state index contributed by atoms with van der Waals surface area (Å²) in [5.41, 5.74) is 2.33. The summed E-state index contributed by atoms with van der Waals surface area (Å²) in [6.45, 7) is 6.92. The Labute approximate surface area is 97.2 Å². The number of pyridine rings is 1. The number of fused-ring (bicyclic) bond motifs is 1. The minimum atomic E-state index is 0.523. The molecule has 0 bridgehead atoms. The molecule has 3 heteroatoms. The van der Waals surface area contributed by atoms with Gasteiger partial charge in [-0.3, -0.25) is 0 Å². The Morgan fingerprint density at radius 2 is 2.38 bits per heavy atom. The molecule has 1 atom stereocenters. The summed E-state index contributed by atoms with van der Waals surface area (Å²) in [7, 11) is 0. The predicted molar refractivity (Wildman–Crippen MR) is 64.8 cm³/mol. The number of nitrogens with one attached hydrogen (secondary N) is 1. The lowest BCUT2D eigenvalue weighted by molar-refractivity contribution is 0.312. The second-order valence-electron chi connectivity index (χ2n) is 4.42. The van der Waals surface area contributed by atoms with Crippen molar-refractivity contribution in [1.29, 1.82) is 0 Å². The molecular weight excluding hydrogens is 200 g/mol.